The molecule has 0 radical (unpaired) electrons. The molecule has 1 heterocycles. The van der Waals surface area contributed by atoms with Gasteiger partial charge in [0.15, 0.2) is 0 Å². The number of benzene rings is 2. The number of ether oxygens (including phenoxy) is 1. The summed E-state index contributed by atoms with van der Waals surface area (Å²) < 4.78 is 7.01. The van der Waals surface area contributed by atoms with E-state index in [0.717, 1.165) is 34.3 Å². The van der Waals surface area contributed by atoms with Gasteiger partial charge in [-0.05, 0) is 42.3 Å². The van der Waals surface area contributed by atoms with Crippen LogP contribution in [0.15, 0.2) is 46.9 Å². The lowest BCUT2D eigenvalue weighted by Crippen LogP contribution is -2.35. The van der Waals surface area contributed by atoms with E-state index < -0.39 is 6.09 Å². The van der Waals surface area contributed by atoms with E-state index in [4.69, 9.17) is 21.4 Å². The van der Waals surface area contributed by atoms with Crippen LogP contribution < -0.4 is 10.1 Å². The van der Waals surface area contributed by atoms with Gasteiger partial charge in [0.25, 0.3) is 0 Å². The quantitative estimate of drug-likeness (QED) is 0.694. The molecule has 1 aliphatic rings. The Balaban J connectivity index is 1.64. The monoisotopic (exact) mass is 438 g/mol. The maximum atomic E-state index is 10.8. The molecule has 0 spiro atoms. The van der Waals surface area contributed by atoms with Gasteiger partial charge in [0, 0.05) is 40.7 Å². The Morgan fingerprint density at radius 1 is 1.31 bits per heavy atom. The zero-order chi connectivity index (χ0) is 18.5. The molecule has 7 heteroatoms. The number of hydrogen-bond donors (Lipinski definition) is 2. The SMILES string of the molecule is O=C(O)NC1CCN(Cc2cc(Br)ccc2OCc2ccc(Cl)cc2)C1. The smallest absolute Gasteiger partial charge is 0.404 e. The van der Waals surface area contributed by atoms with Gasteiger partial charge in [0.05, 0.1) is 0 Å². The van der Waals surface area contributed by atoms with Gasteiger partial charge >= 0.3 is 6.09 Å². The lowest BCUT2D eigenvalue weighted by Gasteiger charge is -2.19. The molecule has 1 unspecified atom stereocenters. The van der Waals surface area contributed by atoms with Crippen molar-refractivity contribution in [3.8, 4) is 5.75 Å². The Morgan fingerprint density at radius 3 is 2.81 bits per heavy atom. The molecule has 0 aromatic heterocycles. The zero-order valence-corrected chi connectivity index (χ0v) is 16.5. The summed E-state index contributed by atoms with van der Waals surface area (Å²) in [6.45, 7) is 2.74. The molecule has 138 valence electrons. The minimum atomic E-state index is -0.966. The molecule has 5 nitrogen and oxygen atoms in total. The molecule has 1 atom stereocenters. The van der Waals surface area contributed by atoms with Crippen LogP contribution in [0.5, 0.6) is 5.75 Å². The van der Waals surface area contributed by atoms with Crippen LogP contribution in [0.2, 0.25) is 5.02 Å². The molecule has 1 fully saturated rings. The lowest BCUT2D eigenvalue weighted by atomic mass is 10.2. The highest BCUT2D eigenvalue weighted by Gasteiger charge is 2.24. The van der Waals surface area contributed by atoms with Gasteiger partial charge < -0.3 is 15.2 Å². The van der Waals surface area contributed by atoms with Crippen LogP contribution in [0.25, 0.3) is 0 Å². The second-order valence-corrected chi connectivity index (χ2v) is 7.69. The van der Waals surface area contributed by atoms with E-state index in [9.17, 15) is 4.79 Å². The van der Waals surface area contributed by atoms with E-state index in [1.54, 1.807) is 0 Å². The predicted octanol–water partition coefficient (Wildman–Crippen LogP) is 4.52. The van der Waals surface area contributed by atoms with E-state index in [1.165, 1.54) is 0 Å². The zero-order valence-electron chi connectivity index (χ0n) is 14.1. The number of likely N-dealkylation sites (tertiary alicyclic amines) is 1. The molecule has 2 N–H and O–H groups in total. The molecule has 0 bridgehead atoms. The summed E-state index contributed by atoms with van der Waals surface area (Å²) in [7, 11) is 0. The molecular formula is C19H20BrClN2O3. The second-order valence-electron chi connectivity index (χ2n) is 6.34. The minimum absolute atomic E-state index is 0.0157. The largest absolute Gasteiger partial charge is 0.489 e. The van der Waals surface area contributed by atoms with E-state index in [0.29, 0.717) is 24.7 Å². The molecule has 2 aromatic rings. The molecule has 2 aromatic carbocycles. The van der Waals surface area contributed by atoms with Crippen LogP contribution >= 0.6 is 27.5 Å². The summed E-state index contributed by atoms with van der Waals surface area (Å²) in [5.41, 5.74) is 2.12. The predicted molar refractivity (Wildman–Crippen MR) is 105 cm³/mol. The molecule has 1 aliphatic heterocycles. The Morgan fingerprint density at radius 2 is 2.08 bits per heavy atom. The average Bonchev–Trinajstić information content (AvgIpc) is 3.02. The number of rotatable bonds is 6. The first-order valence-corrected chi connectivity index (χ1v) is 9.54. The van der Waals surface area contributed by atoms with Crippen molar-refractivity contribution in [2.45, 2.75) is 25.6 Å². The molecule has 1 amide bonds. The van der Waals surface area contributed by atoms with Gasteiger partial charge in [-0.1, -0.05) is 39.7 Å². The number of nitrogens with one attached hydrogen (secondary N) is 1. The van der Waals surface area contributed by atoms with E-state index in [2.05, 4.69) is 32.2 Å². The summed E-state index contributed by atoms with van der Waals surface area (Å²) in [4.78, 5) is 13.0. The van der Waals surface area contributed by atoms with Crippen molar-refractivity contribution in [2.75, 3.05) is 13.1 Å². The van der Waals surface area contributed by atoms with Gasteiger partial charge in [-0.15, -0.1) is 0 Å². The first-order chi connectivity index (χ1) is 12.5. The van der Waals surface area contributed by atoms with E-state index >= 15 is 0 Å². The number of halogens is 2. The molecular weight excluding hydrogens is 420 g/mol. The van der Waals surface area contributed by atoms with Crippen molar-refractivity contribution in [1.82, 2.24) is 10.2 Å². The Labute approximate surface area is 166 Å². The fourth-order valence-corrected chi connectivity index (χ4v) is 3.60. The summed E-state index contributed by atoms with van der Waals surface area (Å²) in [5.74, 6) is 0.831. The molecule has 0 aliphatic carbocycles. The van der Waals surface area contributed by atoms with Gasteiger partial charge in [0.1, 0.15) is 12.4 Å². The number of nitrogens with zero attached hydrogens (tertiary/aromatic N) is 1. The normalized spacial score (nSPS) is 17.2. The van der Waals surface area contributed by atoms with Crippen LogP contribution in [0.4, 0.5) is 4.79 Å². The number of hydrogen-bond acceptors (Lipinski definition) is 3. The maximum Gasteiger partial charge on any atom is 0.404 e. The van der Waals surface area contributed by atoms with Crippen LogP contribution in [0.1, 0.15) is 17.5 Å². The van der Waals surface area contributed by atoms with Crippen molar-refractivity contribution in [3.05, 3.63) is 63.1 Å². The van der Waals surface area contributed by atoms with Crippen LogP contribution in [0, 0.1) is 0 Å². The number of carboxylic acid groups (broad SMARTS) is 1. The van der Waals surface area contributed by atoms with Crippen LogP contribution in [-0.4, -0.2) is 35.2 Å². The number of amides is 1. The van der Waals surface area contributed by atoms with Crippen molar-refractivity contribution in [3.63, 3.8) is 0 Å². The maximum absolute atomic E-state index is 10.8. The summed E-state index contributed by atoms with van der Waals surface area (Å²) >= 11 is 9.43. The van der Waals surface area contributed by atoms with Gasteiger partial charge in [0.2, 0.25) is 0 Å². The van der Waals surface area contributed by atoms with Crippen molar-refractivity contribution >= 4 is 33.6 Å². The van der Waals surface area contributed by atoms with E-state index in [-0.39, 0.29) is 6.04 Å². The highest BCUT2D eigenvalue weighted by atomic mass is 79.9. The summed E-state index contributed by atoms with van der Waals surface area (Å²) in [6, 6.07) is 13.5. The highest BCUT2D eigenvalue weighted by Crippen LogP contribution is 2.27. The molecule has 3 rings (SSSR count). The third kappa shape index (κ3) is 5.37. The standard InChI is InChI=1S/C19H20BrClN2O3/c20-15-3-6-18(26-12-13-1-4-16(21)5-2-13)14(9-15)10-23-8-7-17(11-23)22-19(24)25/h1-6,9,17,22H,7-8,10-12H2,(H,24,25). The Kier molecular flexibility index (Phi) is 6.40. The topological polar surface area (TPSA) is 61.8 Å². The third-order valence-corrected chi connectivity index (χ3v) is 5.07. The van der Waals surface area contributed by atoms with Gasteiger partial charge in [-0.3, -0.25) is 4.90 Å². The first-order valence-electron chi connectivity index (χ1n) is 8.37. The highest BCUT2D eigenvalue weighted by molar-refractivity contribution is 9.10. The molecule has 26 heavy (non-hydrogen) atoms. The van der Waals surface area contributed by atoms with Crippen molar-refractivity contribution in [2.24, 2.45) is 0 Å². The Bertz CT molecular complexity index is 770. The minimum Gasteiger partial charge on any atom is -0.489 e. The summed E-state index contributed by atoms with van der Waals surface area (Å²) in [6.07, 6.45) is -0.146. The van der Waals surface area contributed by atoms with Gasteiger partial charge in [-0.25, -0.2) is 4.79 Å². The van der Waals surface area contributed by atoms with E-state index in [1.807, 2.05) is 36.4 Å². The fourth-order valence-electron chi connectivity index (χ4n) is 3.06. The lowest BCUT2D eigenvalue weighted by molar-refractivity contribution is 0.189. The first kappa shape index (κ1) is 19.0. The second kappa shape index (κ2) is 8.75. The summed E-state index contributed by atoms with van der Waals surface area (Å²) in [5, 5.41) is 12.1. The van der Waals surface area contributed by atoms with Gasteiger partial charge in [-0.2, -0.15) is 0 Å². The Hall–Kier alpha value is -1.76. The average molecular weight is 440 g/mol. The van der Waals surface area contributed by atoms with Crippen molar-refractivity contribution < 1.29 is 14.6 Å². The fraction of sp³-hybridized carbons (Fsp3) is 0.316. The molecule has 0 saturated carbocycles. The third-order valence-electron chi connectivity index (χ3n) is 4.32. The number of carbonyl (C=O) groups is 1. The van der Waals surface area contributed by atoms with Crippen LogP contribution in [0.3, 0.4) is 0 Å². The van der Waals surface area contributed by atoms with Crippen molar-refractivity contribution in [1.29, 1.82) is 0 Å². The molecule has 1 saturated heterocycles. The van der Waals surface area contributed by atoms with Crippen LogP contribution in [-0.2, 0) is 13.2 Å².